The highest BCUT2D eigenvalue weighted by atomic mass is 16.5. The van der Waals surface area contributed by atoms with Gasteiger partial charge in [0, 0.05) is 31.8 Å². The van der Waals surface area contributed by atoms with Crippen LogP contribution < -0.4 is 5.73 Å². The molecule has 100 valence electrons. The third kappa shape index (κ3) is 2.51. The van der Waals surface area contributed by atoms with Gasteiger partial charge in [0.2, 0.25) is 0 Å². The molecule has 3 unspecified atom stereocenters. The third-order valence-electron chi connectivity index (χ3n) is 4.95. The maximum absolute atomic E-state index is 6.15. The molecule has 17 heavy (non-hydrogen) atoms. The summed E-state index contributed by atoms with van der Waals surface area (Å²) in [6, 6.07) is 0. The molecule has 2 rings (SSSR count). The zero-order valence-electron chi connectivity index (χ0n) is 11.5. The summed E-state index contributed by atoms with van der Waals surface area (Å²) in [4.78, 5) is 2.66. The second kappa shape index (κ2) is 5.68. The minimum atomic E-state index is 0.265. The Morgan fingerprint density at radius 2 is 2.24 bits per heavy atom. The molecule has 2 N–H and O–H groups in total. The molecule has 2 aliphatic rings. The largest absolute Gasteiger partial charge is 0.377 e. The van der Waals surface area contributed by atoms with Gasteiger partial charge in [0.1, 0.15) is 0 Å². The topological polar surface area (TPSA) is 38.5 Å². The van der Waals surface area contributed by atoms with Crippen LogP contribution in [0.1, 0.15) is 46.0 Å². The van der Waals surface area contributed by atoms with Crippen molar-refractivity contribution in [3.63, 3.8) is 0 Å². The predicted molar refractivity (Wildman–Crippen MR) is 71.0 cm³/mol. The van der Waals surface area contributed by atoms with Gasteiger partial charge in [0.15, 0.2) is 0 Å². The summed E-state index contributed by atoms with van der Waals surface area (Å²) in [6.07, 6.45) is 6.64. The first-order valence-electron chi connectivity index (χ1n) is 7.29. The summed E-state index contributed by atoms with van der Waals surface area (Å²) in [5, 5.41) is 0. The standard InChI is InChI=1S/C14H28N2O/c1-3-13-10-16(8-5-9-17-13)14(11-15)7-4-6-12(14)2/h12-13H,3-11,15H2,1-2H3. The van der Waals surface area contributed by atoms with Crippen LogP contribution in [-0.4, -0.2) is 42.8 Å². The van der Waals surface area contributed by atoms with Crippen LogP contribution in [0.25, 0.3) is 0 Å². The highest BCUT2D eigenvalue weighted by Crippen LogP contribution is 2.40. The molecule has 3 heteroatoms. The van der Waals surface area contributed by atoms with E-state index in [0.717, 1.165) is 45.0 Å². The maximum atomic E-state index is 6.15. The van der Waals surface area contributed by atoms with E-state index in [9.17, 15) is 0 Å². The molecule has 1 aliphatic carbocycles. The zero-order valence-corrected chi connectivity index (χ0v) is 11.5. The molecular weight excluding hydrogens is 212 g/mol. The maximum Gasteiger partial charge on any atom is 0.0699 e. The molecule has 0 radical (unpaired) electrons. The quantitative estimate of drug-likeness (QED) is 0.820. The van der Waals surface area contributed by atoms with Crippen LogP contribution >= 0.6 is 0 Å². The molecule has 1 heterocycles. The Morgan fingerprint density at radius 3 is 2.82 bits per heavy atom. The fourth-order valence-corrected chi connectivity index (χ4v) is 3.68. The molecule has 0 amide bonds. The normalized spacial score (nSPS) is 40.4. The van der Waals surface area contributed by atoms with Crippen molar-refractivity contribution >= 4 is 0 Å². The summed E-state index contributed by atoms with van der Waals surface area (Å²) in [5.74, 6) is 0.739. The molecule has 0 aromatic rings. The molecule has 0 bridgehead atoms. The molecule has 3 nitrogen and oxygen atoms in total. The van der Waals surface area contributed by atoms with E-state index < -0.39 is 0 Å². The van der Waals surface area contributed by atoms with E-state index in [2.05, 4.69) is 18.7 Å². The van der Waals surface area contributed by atoms with Crippen molar-refractivity contribution in [1.29, 1.82) is 0 Å². The Kier molecular flexibility index (Phi) is 4.45. The zero-order chi connectivity index (χ0) is 12.3. The molecule has 1 saturated carbocycles. The minimum Gasteiger partial charge on any atom is -0.377 e. The van der Waals surface area contributed by atoms with Gasteiger partial charge in [-0.3, -0.25) is 4.90 Å². The van der Waals surface area contributed by atoms with Crippen molar-refractivity contribution < 1.29 is 4.74 Å². The first kappa shape index (κ1) is 13.3. The van der Waals surface area contributed by atoms with Gasteiger partial charge in [-0.05, 0) is 31.6 Å². The van der Waals surface area contributed by atoms with E-state index in [1.807, 2.05) is 0 Å². The van der Waals surface area contributed by atoms with Crippen molar-refractivity contribution in [2.45, 2.75) is 57.6 Å². The molecule has 1 saturated heterocycles. The lowest BCUT2D eigenvalue weighted by Crippen LogP contribution is -2.57. The Balaban J connectivity index is 2.12. The lowest BCUT2D eigenvalue weighted by atomic mass is 9.86. The third-order valence-corrected chi connectivity index (χ3v) is 4.95. The Hall–Kier alpha value is -0.120. The molecule has 1 aliphatic heterocycles. The predicted octanol–water partition coefficient (Wildman–Crippen LogP) is 2.00. The minimum absolute atomic E-state index is 0.265. The molecule has 0 aromatic heterocycles. The second-order valence-corrected chi connectivity index (χ2v) is 5.80. The molecule has 2 fully saturated rings. The highest BCUT2D eigenvalue weighted by molar-refractivity contribution is 5.01. The molecule has 3 atom stereocenters. The molecule has 0 spiro atoms. The Bertz CT molecular complexity index is 246. The van der Waals surface area contributed by atoms with Gasteiger partial charge in [-0.25, -0.2) is 0 Å². The fraction of sp³-hybridized carbons (Fsp3) is 1.00. The summed E-state index contributed by atoms with van der Waals surface area (Å²) >= 11 is 0. The Morgan fingerprint density at radius 1 is 1.41 bits per heavy atom. The lowest BCUT2D eigenvalue weighted by molar-refractivity contribution is 0.0146. The molecule has 0 aromatic carbocycles. The van der Waals surface area contributed by atoms with Crippen molar-refractivity contribution in [3.05, 3.63) is 0 Å². The van der Waals surface area contributed by atoms with E-state index in [0.29, 0.717) is 6.10 Å². The average molecular weight is 240 g/mol. The van der Waals surface area contributed by atoms with Crippen molar-refractivity contribution in [2.75, 3.05) is 26.2 Å². The van der Waals surface area contributed by atoms with E-state index in [1.54, 1.807) is 0 Å². The molecular formula is C14H28N2O. The van der Waals surface area contributed by atoms with Crippen LogP contribution in [-0.2, 0) is 4.74 Å². The van der Waals surface area contributed by atoms with E-state index in [4.69, 9.17) is 10.5 Å². The van der Waals surface area contributed by atoms with Gasteiger partial charge in [0.05, 0.1) is 6.10 Å². The van der Waals surface area contributed by atoms with Gasteiger partial charge in [-0.2, -0.15) is 0 Å². The monoisotopic (exact) mass is 240 g/mol. The number of ether oxygens (including phenoxy) is 1. The van der Waals surface area contributed by atoms with Crippen LogP contribution in [0.2, 0.25) is 0 Å². The summed E-state index contributed by atoms with van der Waals surface area (Å²) in [7, 11) is 0. The number of hydrogen-bond acceptors (Lipinski definition) is 3. The lowest BCUT2D eigenvalue weighted by Gasteiger charge is -2.44. The number of nitrogens with two attached hydrogens (primary N) is 1. The van der Waals surface area contributed by atoms with Crippen LogP contribution in [0.4, 0.5) is 0 Å². The van der Waals surface area contributed by atoms with Crippen LogP contribution in [0.3, 0.4) is 0 Å². The smallest absolute Gasteiger partial charge is 0.0699 e. The van der Waals surface area contributed by atoms with Gasteiger partial charge in [0.25, 0.3) is 0 Å². The van der Waals surface area contributed by atoms with Crippen LogP contribution in [0, 0.1) is 5.92 Å². The van der Waals surface area contributed by atoms with Gasteiger partial charge < -0.3 is 10.5 Å². The highest BCUT2D eigenvalue weighted by Gasteiger charge is 2.44. The second-order valence-electron chi connectivity index (χ2n) is 5.80. The van der Waals surface area contributed by atoms with Crippen molar-refractivity contribution in [2.24, 2.45) is 11.7 Å². The fourth-order valence-electron chi connectivity index (χ4n) is 3.68. The van der Waals surface area contributed by atoms with Crippen molar-refractivity contribution in [3.8, 4) is 0 Å². The van der Waals surface area contributed by atoms with Gasteiger partial charge in [-0.15, -0.1) is 0 Å². The first-order chi connectivity index (χ1) is 8.23. The van der Waals surface area contributed by atoms with E-state index in [1.165, 1.54) is 19.3 Å². The number of hydrogen-bond donors (Lipinski definition) is 1. The van der Waals surface area contributed by atoms with Gasteiger partial charge >= 0.3 is 0 Å². The van der Waals surface area contributed by atoms with E-state index in [-0.39, 0.29) is 5.54 Å². The SMILES string of the molecule is CCC1CN(C2(CN)CCCC2C)CCCO1. The average Bonchev–Trinajstić information content (AvgIpc) is 2.59. The first-order valence-corrected chi connectivity index (χ1v) is 7.29. The summed E-state index contributed by atoms with van der Waals surface area (Å²) in [5.41, 5.74) is 6.41. The number of rotatable bonds is 3. The van der Waals surface area contributed by atoms with Crippen molar-refractivity contribution in [1.82, 2.24) is 4.90 Å². The Labute approximate surface area is 106 Å². The van der Waals surface area contributed by atoms with Gasteiger partial charge in [-0.1, -0.05) is 20.3 Å². The van der Waals surface area contributed by atoms with Crippen LogP contribution in [0.5, 0.6) is 0 Å². The number of nitrogens with zero attached hydrogens (tertiary/aromatic N) is 1. The summed E-state index contributed by atoms with van der Waals surface area (Å²) < 4.78 is 5.88. The summed E-state index contributed by atoms with van der Waals surface area (Å²) in [6.45, 7) is 8.58. The van der Waals surface area contributed by atoms with Crippen LogP contribution in [0.15, 0.2) is 0 Å². The van der Waals surface area contributed by atoms with E-state index >= 15 is 0 Å².